The van der Waals surface area contributed by atoms with Gasteiger partial charge in [-0.3, -0.25) is 0 Å². The first kappa shape index (κ1) is 12.3. The molecule has 94 valence electrons. The van der Waals surface area contributed by atoms with Crippen LogP contribution in [0.2, 0.25) is 0 Å². The van der Waals surface area contributed by atoms with Crippen LogP contribution in [0.25, 0.3) is 0 Å². The fraction of sp³-hybridized carbons (Fsp3) is 0.538. The lowest BCUT2D eigenvalue weighted by Gasteiger charge is -2.46. The van der Waals surface area contributed by atoms with Crippen molar-refractivity contribution in [2.45, 2.75) is 25.2 Å². The van der Waals surface area contributed by atoms with Crippen LogP contribution in [-0.4, -0.2) is 13.7 Å². The van der Waals surface area contributed by atoms with Crippen molar-refractivity contribution in [2.75, 3.05) is 13.7 Å². The Kier molecular flexibility index (Phi) is 3.08. The van der Waals surface area contributed by atoms with Crippen LogP contribution in [0.5, 0.6) is 5.75 Å². The predicted octanol–water partition coefficient (Wildman–Crippen LogP) is 2.92. The number of hydrogen-bond donors (Lipinski definition) is 1. The van der Waals surface area contributed by atoms with Crippen LogP contribution in [0, 0.1) is 5.41 Å². The third kappa shape index (κ3) is 1.71. The summed E-state index contributed by atoms with van der Waals surface area (Å²) in [5.41, 5.74) is 4.43. The second-order valence-electron chi connectivity index (χ2n) is 4.61. The molecule has 1 aromatic carbocycles. The largest absolute Gasteiger partial charge is 0.496 e. The van der Waals surface area contributed by atoms with E-state index in [1.165, 1.54) is 13.2 Å². The molecule has 4 heteroatoms. The van der Waals surface area contributed by atoms with Crippen molar-refractivity contribution in [3.63, 3.8) is 0 Å². The summed E-state index contributed by atoms with van der Waals surface area (Å²) in [5, 5.41) is 0. The number of ether oxygens (including phenoxy) is 1. The minimum Gasteiger partial charge on any atom is -0.496 e. The zero-order valence-corrected chi connectivity index (χ0v) is 9.88. The maximum absolute atomic E-state index is 14.5. The predicted molar refractivity (Wildman–Crippen MR) is 62.2 cm³/mol. The molecule has 17 heavy (non-hydrogen) atoms. The van der Waals surface area contributed by atoms with E-state index in [1.54, 1.807) is 18.2 Å². The van der Waals surface area contributed by atoms with Gasteiger partial charge < -0.3 is 10.5 Å². The van der Waals surface area contributed by atoms with Crippen LogP contribution in [-0.2, 0) is 5.92 Å². The van der Waals surface area contributed by atoms with Crippen LogP contribution < -0.4 is 10.5 Å². The molecule has 2 rings (SSSR count). The van der Waals surface area contributed by atoms with Gasteiger partial charge in [-0.2, -0.15) is 0 Å². The minimum atomic E-state index is -2.92. The van der Waals surface area contributed by atoms with Gasteiger partial charge in [-0.25, -0.2) is 8.78 Å². The van der Waals surface area contributed by atoms with Crippen LogP contribution >= 0.6 is 0 Å². The third-order valence-corrected chi connectivity index (χ3v) is 3.81. The van der Waals surface area contributed by atoms with Gasteiger partial charge in [0.15, 0.2) is 0 Å². The Morgan fingerprint density at radius 1 is 1.35 bits per heavy atom. The van der Waals surface area contributed by atoms with Crippen LogP contribution in [0.15, 0.2) is 24.3 Å². The summed E-state index contributed by atoms with van der Waals surface area (Å²) in [6.45, 7) is 0.0120. The maximum atomic E-state index is 14.5. The quantitative estimate of drug-likeness (QED) is 0.879. The van der Waals surface area contributed by atoms with Gasteiger partial charge in [-0.1, -0.05) is 18.6 Å². The lowest BCUT2D eigenvalue weighted by atomic mass is 9.63. The van der Waals surface area contributed by atoms with E-state index in [1.807, 2.05) is 0 Å². The highest BCUT2D eigenvalue weighted by atomic mass is 19.3. The fourth-order valence-corrected chi connectivity index (χ4v) is 2.44. The summed E-state index contributed by atoms with van der Waals surface area (Å²) in [6, 6.07) is 6.28. The molecule has 0 radical (unpaired) electrons. The molecule has 1 saturated carbocycles. The molecule has 0 unspecified atom stereocenters. The van der Waals surface area contributed by atoms with Gasteiger partial charge in [0, 0.05) is 6.54 Å². The highest BCUT2D eigenvalue weighted by molar-refractivity contribution is 5.38. The first-order valence-corrected chi connectivity index (χ1v) is 5.79. The average Bonchev–Trinajstić information content (AvgIpc) is 2.28. The molecule has 1 aromatic rings. The van der Waals surface area contributed by atoms with Crippen LogP contribution in [0.3, 0.4) is 0 Å². The number of alkyl halides is 2. The second kappa shape index (κ2) is 4.26. The standard InChI is InChI=1S/C13H17F2NO/c1-17-11-6-3-2-5-10(11)13(14,15)12(9-16)7-4-8-12/h2-3,5-6H,4,7-9,16H2,1H3. The van der Waals surface area contributed by atoms with Crippen molar-refractivity contribution in [1.82, 2.24) is 0 Å². The number of hydrogen-bond acceptors (Lipinski definition) is 2. The Morgan fingerprint density at radius 3 is 2.47 bits per heavy atom. The van der Waals surface area contributed by atoms with Gasteiger partial charge in [0.1, 0.15) is 5.75 Å². The Labute approximate surface area is 99.8 Å². The molecule has 0 heterocycles. The Morgan fingerprint density at radius 2 is 2.00 bits per heavy atom. The summed E-state index contributed by atoms with van der Waals surface area (Å²) in [5.74, 6) is -2.69. The number of methoxy groups -OCH3 is 1. The molecule has 0 spiro atoms. The SMILES string of the molecule is COc1ccccc1C(F)(F)C1(CN)CCC1. The van der Waals surface area contributed by atoms with Gasteiger partial charge in [0.05, 0.1) is 18.1 Å². The number of halogens is 2. The molecule has 0 atom stereocenters. The van der Waals surface area contributed by atoms with E-state index in [4.69, 9.17) is 10.5 Å². The molecule has 1 aliphatic rings. The summed E-state index contributed by atoms with van der Waals surface area (Å²) in [4.78, 5) is 0. The fourth-order valence-electron chi connectivity index (χ4n) is 2.44. The second-order valence-corrected chi connectivity index (χ2v) is 4.61. The maximum Gasteiger partial charge on any atom is 0.283 e. The first-order valence-electron chi connectivity index (χ1n) is 5.79. The van der Waals surface area contributed by atoms with E-state index in [0.717, 1.165) is 6.42 Å². The molecule has 1 aliphatic carbocycles. The molecule has 0 bridgehead atoms. The minimum absolute atomic E-state index is 0.0120. The van der Waals surface area contributed by atoms with Crippen molar-refractivity contribution in [3.05, 3.63) is 29.8 Å². The highest BCUT2D eigenvalue weighted by Gasteiger charge is 2.58. The molecule has 0 saturated heterocycles. The highest BCUT2D eigenvalue weighted by Crippen LogP contribution is 2.57. The topological polar surface area (TPSA) is 35.2 Å². The van der Waals surface area contributed by atoms with Crippen molar-refractivity contribution >= 4 is 0 Å². The van der Waals surface area contributed by atoms with Gasteiger partial charge in [-0.15, -0.1) is 0 Å². The van der Waals surface area contributed by atoms with E-state index < -0.39 is 11.3 Å². The number of nitrogens with two attached hydrogens (primary N) is 1. The molecule has 0 aliphatic heterocycles. The van der Waals surface area contributed by atoms with E-state index in [9.17, 15) is 8.78 Å². The zero-order chi connectivity index (χ0) is 12.5. The van der Waals surface area contributed by atoms with E-state index in [0.29, 0.717) is 12.8 Å². The van der Waals surface area contributed by atoms with E-state index >= 15 is 0 Å². The summed E-state index contributed by atoms with van der Waals surface area (Å²) in [7, 11) is 1.41. The van der Waals surface area contributed by atoms with Crippen molar-refractivity contribution in [1.29, 1.82) is 0 Å². The van der Waals surface area contributed by atoms with Crippen LogP contribution in [0.4, 0.5) is 8.78 Å². The van der Waals surface area contributed by atoms with Gasteiger partial charge in [-0.05, 0) is 25.0 Å². The normalized spacial score (nSPS) is 18.6. The Balaban J connectivity index is 2.43. The summed E-state index contributed by atoms with van der Waals surface area (Å²) in [6.07, 6.45) is 1.78. The van der Waals surface area contributed by atoms with Crippen molar-refractivity contribution < 1.29 is 13.5 Å². The molecule has 2 nitrogen and oxygen atoms in total. The molecule has 2 N–H and O–H groups in total. The first-order chi connectivity index (χ1) is 8.07. The van der Waals surface area contributed by atoms with E-state index in [-0.39, 0.29) is 17.9 Å². The molecular weight excluding hydrogens is 224 g/mol. The average molecular weight is 241 g/mol. The van der Waals surface area contributed by atoms with Crippen LogP contribution in [0.1, 0.15) is 24.8 Å². The zero-order valence-electron chi connectivity index (χ0n) is 9.88. The molecule has 1 fully saturated rings. The number of para-hydroxylation sites is 1. The van der Waals surface area contributed by atoms with Gasteiger partial charge in [0.2, 0.25) is 0 Å². The van der Waals surface area contributed by atoms with Crippen molar-refractivity contribution in [2.24, 2.45) is 11.1 Å². The van der Waals surface area contributed by atoms with Gasteiger partial charge >= 0.3 is 0 Å². The Hall–Kier alpha value is -1.16. The summed E-state index contributed by atoms with van der Waals surface area (Å²) >= 11 is 0. The number of benzene rings is 1. The Bertz CT molecular complexity index is 397. The molecular formula is C13H17F2NO. The third-order valence-electron chi connectivity index (χ3n) is 3.81. The molecule has 0 amide bonds. The summed E-state index contributed by atoms with van der Waals surface area (Å²) < 4.78 is 34.1. The lowest BCUT2D eigenvalue weighted by Crippen LogP contribution is -2.50. The monoisotopic (exact) mass is 241 g/mol. The smallest absolute Gasteiger partial charge is 0.283 e. The lowest BCUT2D eigenvalue weighted by molar-refractivity contribution is -0.165. The number of rotatable bonds is 4. The van der Waals surface area contributed by atoms with Crippen molar-refractivity contribution in [3.8, 4) is 5.75 Å². The van der Waals surface area contributed by atoms with E-state index in [2.05, 4.69) is 0 Å². The van der Waals surface area contributed by atoms with Gasteiger partial charge in [0.25, 0.3) is 5.92 Å². The molecule has 0 aromatic heterocycles.